The number of piperidine rings is 1. The molecule has 1 aromatic heterocycles. The Morgan fingerprint density at radius 2 is 1.94 bits per heavy atom. The number of nitrogens with zero attached hydrogens (tertiary/aromatic N) is 3. The molecule has 0 spiro atoms. The summed E-state index contributed by atoms with van der Waals surface area (Å²) in [5.74, 6) is -0.134. The van der Waals surface area contributed by atoms with Gasteiger partial charge in [-0.05, 0) is 69.3 Å². The predicted molar refractivity (Wildman–Crippen MR) is 134 cm³/mol. The number of likely N-dealkylation sites (N-methyl/N-ethyl adjacent to an activating group) is 1. The minimum Gasteiger partial charge on any atom is -0.488 e. The minimum atomic E-state index is -3.90. The standard InChI is InChI=1S/C23H26ClFN6O3S/c1-14-5-6-16(11-21(14)35(26,32)33)29-23-27-12-19(25)22(30-23)28-15-7-8-20(18(24)10-15)34-17-4-3-9-31(2)13-17/h5-8,10-12,17H,3-4,9,13H2,1-2H3,(H2,26,32,33)(H2,27,28,29,30). The molecular formula is C23H26ClFN6O3S. The molecule has 1 saturated heterocycles. The van der Waals surface area contributed by atoms with Gasteiger partial charge in [0, 0.05) is 17.9 Å². The predicted octanol–water partition coefficient (Wildman–Crippen LogP) is 4.19. The molecule has 9 nitrogen and oxygen atoms in total. The molecule has 35 heavy (non-hydrogen) atoms. The number of hydrogen-bond donors (Lipinski definition) is 3. The molecule has 4 rings (SSSR count). The Morgan fingerprint density at radius 3 is 2.66 bits per heavy atom. The van der Waals surface area contributed by atoms with E-state index in [1.54, 1.807) is 37.3 Å². The van der Waals surface area contributed by atoms with E-state index in [-0.39, 0.29) is 22.8 Å². The van der Waals surface area contributed by atoms with Crippen molar-refractivity contribution >= 4 is 44.8 Å². The SMILES string of the molecule is Cc1ccc(Nc2ncc(F)c(Nc3ccc(OC4CCCN(C)C4)c(Cl)c3)n2)cc1S(N)(=O)=O. The third-order valence-corrected chi connectivity index (χ3v) is 6.91. The topological polar surface area (TPSA) is 122 Å². The first-order valence-electron chi connectivity index (χ1n) is 10.9. The molecule has 1 aliphatic heterocycles. The highest BCUT2D eigenvalue weighted by atomic mass is 35.5. The van der Waals surface area contributed by atoms with Crippen molar-refractivity contribution in [3.8, 4) is 5.75 Å². The number of halogens is 2. The number of benzene rings is 2. The second-order valence-corrected chi connectivity index (χ2v) is 10.4. The maximum Gasteiger partial charge on any atom is 0.238 e. The van der Waals surface area contributed by atoms with Crippen LogP contribution in [0.1, 0.15) is 18.4 Å². The fraction of sp³-hybridized carbons (Fsp3) is 0.304. The van der Waals surface area contributed by atoms with E-state index in [4.69, 9.17) is 21.5 Å². The lowest BCUT2D eigenvalue weighted by Gasteiger charge is -2.30. The number of nitrogens with two attached hydrogens (primary N) is 1. The average Bonchev–Trinajstić information content (AvgIpc) is 2.78. The van der Waals surface area contributed by atoms with Gasteiger partial charge >= 0.3 is 0 Å². The van der Waals surface area contributed by atoms with Gasteiger partial charge in [0.2, 0.25) is 16.0 Å². The van der Waals surface area contributed by atoms with Gasteiger partial charge in [-0.1, -0.05) is 17.7 Å². The number of likely N-dealkylation sites (tertiary alicyclic amines) is 1. The molecule has 0 amide bonds. The lowest BCUT2D eigenvalue weighted by Crippen LogP contribution is -2.38. The molecular weight excluding hydrogens is 495 g/mol. The van der Waals surface area contributed by atoms with Crippen LogP contribution in [0.4, 0.5) is 27.5 Å². The molecule has 1 fully saturated rings. The van der Waals surface area contributed by atoms with Gasteiger partial charge < -0.3 is 20.3 Å². The zero-order chi connectivity index (χ0) is 25.2. The minimum absolute atomic E-state index is 0.0280. The number of anilines is 4. The van der Waals surface area contributed by atoms with E-state index in [9.17, 15) is 12.8 Å². The first kappa shape index (κ1) is 25.1. The second kappa shape index (κ2) is 10.3. The number of aryl methyl sites for hydroxylation is 1. The molecule has 1 atom stereocenters. The van der Waals surface area contributed by atoms with Crippen LogP contribution in [-0.2, 0) is 10.0 Å². The molecule has 186 valence electrons. The number of nitrogens with one attached hydrogen (secondary N) is 2. The second-order valence-electron chi connectivity index (χ2n) is 8.45. The summed E-state index contributed by atoms with van der Waals surface area (Å²) in [4.78, 5) is 10.3. The van der Waals surface area contributed by atoms with Gasteiger partial charge in [-0.25, -0.2) is 22.9 Å². The summed E-state index contributed by atoms with van der Waals surface area (Å²) in [6.07, 6.45) is 3.09. The fourth-order valence-corrected chi connectivity index (χ4v) is 4.87. The van der Waals surface area contributed by atoms with Gasteiger partial charge in [0.1, 0.15) is 11.9 Å². The maximum atomic E-state index is 14.4. The Balaban J connectivity index is 1.49. The number of sulfonamides is 1. The smallest absolute Gasteiger partial charge is 0.238 e. The summed E-state index contributed by atoms with van der Waals surface area (Å²) in [6.45, 7) is 3.52. The van der Waals surface area contributed by atoms with Crippen LogP contribution in [0.3, 0.4) is 0 Å². The van der Waals surface area contributed by atoms with Gasteiger partial charge in [0.25, 0.3) is 0 Å². The zero-order valence-electron chi connectivity index (χ0n) is 19.3. The van der Waals surface area contributed by atoms with Crippen LogP contribution in [0.25, 0.3) is 0 Å². The van der Waals surface area contributed by atoms with E-state index >= 15 is 0 Å². The molecule has 1 unspecified atom stereocenters. The van der Waals surface area contributed by atoms with Crippen LogP contribution in [0, 0.1) is 12.7 Å². The molecule has 0 radical (unpaired) electrons. The van der Waals surface area contributed by atoms with Crippen molar-refractivity contribution in [1.29, 1.82) is 0 Å². The highest BCUT2D eigenvalue weighted by molar-refractivity contribution is 7.89. The summed E-state index contributed by atoms with van der Waals surface area (Å²) < 4.78 is 44.0. The van der Waals surface area contributed by atoms with Gasteiger partial charge in [-0.3, -0.25) is 0 Å². The Hall–Kier alpha value is -2.99. The summed E-state index contributed by atoms with van der Waals surface area (Å²) in [5.41, 5.74) is 1.40. The molecule has 2 aromatic carbocycles. The van der Waals surface area contributed by atoms with Crippen molar-refractivity contribution in [1.82, 2.24) is 14.9 Å². The maximum absolute atomic E-state index is 14.4. The van der Waals surface area contributed by atoms with E-state index < -0.39 is 15.8 Å². The fourth-order valence-electron chi connectivity index (χ4n) is 3.83. The van der Waals surface area contributed by atoms with Crippen molar-refractivity contribution < 1.29 is 17.5 Å². The largest absolute Gasteiger partial charge is 0.488 e. The highest BCUT2D eigenvalue weighted by Crippen LogP contribution is 2.31. The van der Waals surface area contributed by atoms with E-state index in [2.05, 4.69) is 32.5 Å². The Bertz CT molecular complexity index is 1340. The van der Waals surface area contributed by atoms with Gasteiger partial charge in [0.05, 0.1) is 16.1 Å². The van der Waals surface area contributed by atoms with Crippen molar-refractivity contribution in [2.24, 2.45) is 5.14 Å². The molecule has 1 aliphatic rings. The first-order chi connectivity index (χ1) is 16.6. The average molecular weight is 521 g/mol. The molecule has 3 aromatic rings. The molecule has 4 N–H and O–H groups in total. The van der Waals surface area contributed by atoms with E-state index in [0.29, 0.717) is 27.7 Å². The molecule has 0 saturated carbocycles. The first-order valence-corrected chi connectivity index (χ1v) is 12.9. The van der Waals surface area contributed by atoms with Crippen LogP contribution in [0.2, 0.25) is 5.02 Å². The normalized spacial score (nSPS) is 16.7. The summed E-state index contributed by atoms with van der Waals surface area (Å²) in [5, 5.41) is 11.4. The van der Waals surface area contributed by atoms with Crippen LogP contribution >= 0.6 is 11.6 Å². The summed E-state index contributed by atoms with van der Waals surface area (Å²) in [6, 6.07) is 9.71. The van der Waals surface area contributed by atoms with Gasteiger partial charge in [0.15, 0.2) is 11.6 Å². The van der Waals surface area contributed by atoms with Crippen LogP contribution < -0.4 is 20.5 Å². The van der Waals surface area contributed by atoms with Gasteiger partial charge in [-0.2, -0.15) is 4.98 Å². The third kappa shape index (κ3) is 6.37. The van der Waals surface area contributed by atoms with E-state index in [1.165, 1.54) is 6.07 Å². The van der Waals surface area contributed by atoms with Crippen LogP contribution in [0.15, 0.2) is 47.5 Å². The number of rotatable bonds is 7. The van der Waals surface area contributed by atoms with Crippen LogP contribution in [-0.4, -0.2) is 49.5 Å². The molecule has 0 bridgehead atoms. The quantitative estimate of drug-likeness (QED) is 0.424. The summed E-state index contributed by atoms with van der Waals surface area (Å²) in [7, 11) is -1.85. The van der Waals surface area contributed by atoms with E-state index in [1.807, 2.05) is 0 Å². The van der Waals surface area contributed by atoms with Crippen molar-refractivity contribution in [2.45, 2.75) is 30.8 Å². The van der Waals surface area contributed by atoms with Crippen LogP contribution in [0.5, 0.6) is 5.75 Å². The van der Waals surface area contributed by atoms with Crippen molar-refractivity contribution in [3.63, 3.8) is 0 Å². The van der Waals surface area contributed by atoms with Gasteiger partial charge in [-0.15, -0.1) is 0 Å². The number of aromatic nitrogens is 2. The number of hydrogen-bond acceptors (Lipinski definition) is 8. The Labute approximate surface area is 208 Å². The number of primary sulfonamides is 1. The zero-order valence-corrected chi connectivity index (χ0v) is 20.8. The third-order valence-electron chi connectivity index (χ3n) is 5.56. The van der Waals surface area contributed by atoms with Crippen molar-refractivity contribution in [2.75, 3.05) is 30.8 Å². The highest BCUT2D eigenvalue weighted by Gasteiger charge is 2.20. The Morgan fingerprint density at radius 1 is 1.20 bits per heavy atom. The lowest BCUT2D eigenvalue weighted by molar-refractivity contribution is 0.104. The van der Waals surface area contributed by atoms with Crippen molar-refractivity contribution in [3.05, 3.63) is 59.0 Å². The molecule has 2 heterocycles. The summed E-state index contributed by atoms with van der Waals surface area (Å²) >= 11 is 6.42. The Kier molecular flexibility index (Phi) is 7.41. The monoisotopic (exact) mass is 520 g/mol. The lowest BCUT2D eigenvalue weighted by atomic mass is 10.1. The number of ether oxygens (including phenoxy) is 1. The van der Waals surface area contributed by atoms with E-state index in [0.717, 1.165) is 32.1 Å². The molecule has 0 aliphatic carbocycles. The molecule has 12 heteroatoms.